The fourth-order valence-corrected chi connectivity index (χ4v) is 1.18. The van der Waals surface area contributed by atoms with Crippen LogP contribution in [0.5, 0.6) is 0 Å². The van der Waals surface area contributed by atoms with Crippen molar-refractivity contribution in [2.24, 2.45) is 10.7 Å². The van der Waals surface area contributed by atoms with Gasteiger partial charge < -0.3 is 10.6 Å². The summed E-state index contributed by atoms with van der Waals surface area (Å²) in [6.45, 7) is 3.63. The smallest absolute Gasteiger partial charge is 0.0583 e. The topological polar surface area (TPSA) is 41.6 Å². The minimum atomic E-state index is 0.799. The van der Waals surface area contributed by atoms with Gasteiger partial charge in [-0.05, 0) is 26.4 Å². The molecule has 0 spiro atoms. The van der Waals surface area contributed by atoms with Gasteiger partial charge in [0.1, 0.15) is 0 Å². The standard InChI is InChI=1S/C8H17N3S/c1-4-10-7-12-6-8(9)5-11(2)3/h6-7H,4-5,9H2,1-3H3/b8-6-,10-7+. The molecule has 0 heterocycles. The van der Waals surface area contributed by atoms with Gasteiger partial charge in [-0.1, -0.05) is 11.8 Å². The van der Waals surface area contributed by atoms with Crippen LogP contribution in [0, 0.1) is 0 Å². The highest BCUT2D eigenvalue weighted by Crippen LogP contribution is 2.00. The summed E-state index contributed by atoms with van der Waals surface area (Å²) in [6.07, 6.45) is 0. The number of likely N-dealkylation sites (N-methyl/N-ethyl adjacent to an activating group) is 1. The van der Waals surface area contributed by atoms with Gasteiger partial charge in [-0.3, -0.25) is 4.99 Å². The maximum Gasteiger partial charge on any atom is 0.0583 e. The van der Waals surface area contributed by atoms with Gasteiger partial charge in [0.2, 0.25) is 0 Å². The lowest BCUT2D eigenvalue weighted by Gasteiger charge is -2.08. The van der Waals surface area contributed by atoms with Gasteiger partial charge in [-0.15, -0.1) is 0 Å². The second-order valence-corrected chi connectivity index (χ2v) is 3.39. The fraction of sp³-hybridized carbons (Fsp3) is 0.625. The SMILES string of the molecule is CC/N=C/S/C=C(\N)CN(C)C. The maximum absolute atomic E-state index is 5.69. The van der Waals surface area contributed by atoms with Crippen LogP contribution in [-0.2, 0) is 0 Å². The van der Waals surface area contributed by atoms with E-state index in [9.17, 15) is 0 Å². The van der Waals surface area contributed by atoms with Crippen molar-refractivity contribution in [1.29, 1.82) is 0 Å². The average molecular weight is 187 g/mol. The summed E-state index contributed by atoms with van der Waals surface area (Å²) >= 11 is 1.52. The molecule has 0 saturated heterocycles. The Morgan fingerprint density at radius 2 is 2.25 bits per heavy atom. The van der Waals surface area contributed by atoms with Gasteiger partial charge in [0, 0.05) is 18.8 Å². The van der Waals surface area contributed by atoms with Crippen LogP contribution >= 0.6 is 11.8 Å². The summed E-state index contributed by atoms with van der Waals surface area (Å²) in [4.78, 5) is 6.08. The second-order valence-electron chi connectivity index (χ2n) is 2.67. The molecule has 0 aromatic carbocycles. The number of hydrogen-bond acceptors (Lipinski definition) is 4. The van der Waals surface area contributed by atoms with E-state index in [2.05, 4.69) is 4.99 Å². The van der Waals surface area contributed by atoms with Crippen molar-refractivity contribution in [3.05, 3.63) is 11.1 Å². The molecule has 70 valence electrons. The monoisotopic (exact) mass is 187 g/mol. The molecule has 0 rings (SSSR count). The molecule has 2 N–H and O–H groups in total. The highest BCUT2D eigenvalue weighted by molar-refractivity contribution is 8.14. The third kappa shape index (κ3) is 7.63. The zero-order valence-corrected chi connectivity index (χ0v) is 8.77. The summed E-state index contributed by atoms with van der Waals surface area (Å²) in [5.74, 6) is 0. The third-order valence-electron chi connectivity index (χ3n) is 1.04. The molecule has 0 bridgehead atoms. The first-order valence-electron chi connectivity index (χ1n) is 3.89. The van der Waals surface area contributed by atoms with Gasteiger partial charge in [-0.2, -0.15) is 0 Å². The Morgan fingerprint density at radius 1 is 1.58 bits per heavy atom. The lowest BCUT2D eigenvalue weighted by atomic mass is 10.5. The van der Waals surface area contributed by atoms with E-state index in [0.29, 0.717) is 0 Å². The van der Waals surface area contributed by atoms with E-state index in [1.807, 2.05) is 36.9 Å². The minimum Gasteiger partial charge on any atom is -0.401 e. The molecule has 4 heteroatoms. The molecule has 0 aliphatic carbocycles. The van der Waals surface area contributed by atoms with Crippen molar-refractivity contribution in [3.8, 4) is 0 Å². The molecule has 3 nitrogen and oxygen atoms in total. The molecule has 0 aromatic rings. The number of rotatable bonds is 5. The minimum absolute atomic E-state index is 0.799. The van der Waals surface area contributed by atoms with Crippen LogP contribution in [0.2, 0.25) is 0 Å². The van der Waals surface area contributed by atoms with Crippen LogP contribution in [0.3, 0.4) is 0 Å². The van der Waals surface area contributed by atoms with E-state index in [4.69, 9.17) is 5.73 Å². The summed E-state index contributed by atoms with van der Waals surface area (Å²) < 4.78 is 0. The highest BCUT2D eigenvalue weighted by Gasteiger charge is 1.91. The van der Waals surface area contributed by atoms with Crippen molar-refractivity contribution in [2.45, 2.75) is 6.92 Å². The zero-order valence-electron chi connectivity index (χ0n) is 7.95. The Morgan fingerprint density at radius 3 is 2.75 bits per heavy atom. The van der Waals surface area contributed by atoms with Crippen molar-refractivity contribution in [1.82, 2.24) is 4.90 Å². The van der Waals surface area contributed by atoms with Crippen LogP contribution in [0.4, 0.5) is 0 Å². The number of hydrogen-bond donors (Lipinski definition) is 1. The van der Waals surface area contributed by atoms with E-state index < -0.39 is 0 Å². The van der Waals surface area contributed by atoms with E-state index in [0.717, 1.165) is 18.8 Å². The molecular formula is C8H17N3S. The predicted molar refractivity (Wildman–Crippen MR) is 57.4 cm³/mol. The first-order chi connectivity index (χ1) is 5.66. The lowest BCUT2D eigenvalue weighted by Crippen LogP contribution is -2.19. The number of nitrogens with two attached hydrogens (primary N) is 1. The molecule has 0 unspecified atom stereocenters. The van der Waals surface area contributed by atoms with E-state index in [1.165, 1.54) is 11.8 Å². The highest BCUT2D eigenvalue weighted by atomic mass is 32.2. The van der Waals surface area contributed by atoms with Crippen LogP contribution < -0.4 is 5.73 Å². The van der Waals surface area contributed by atoms with Gasteiger partial charge in [0.15, 0.2) is 0 Å². The molecule has 0 aliphatic heterocycles. The third-order valence-corrected chi connectivity index (χ3v) is 1.75. The number of aliphatic imine (C=N–C) groups is 1. The van der Waals surface area contributed by atoms with Crippen LogP contribution in [0.15, 0.2) is 16.1 Å². The van der Waals surface area contributed by atoms with E-state index in [1.54, 1.807) is 0 Å². The lowest BCUT2D eigenvalue weighted by molar-refractivity contribution is 0.444. The molecule has 12 heavy (non-hydrogen) atoms. The summed E-state index contributed by atoms with van der Waals surface area (Å²) in [6, 6.07) is 0. The van der Waals surface area contributed by atoms with Crippen LogP contribution in [-0.4, -0.2) is 37.6 Å². The molecule has 0 aliphatic rings. The average Bonchev–Trinajstić information content (AvgIpc) is 1.97. The maximum atomic E-state index is 5.69. The zero-order chi connectivity index (χ0) is 9.40. The first kappa shape index (κ1) is 11.5. The van der Waals surface area contributed by atoms with Crippen molar-refractivity contribution < 1.29 is 0 Å². The Hall–Kier alpha value is -0.480. The molecule has 0 fully saturated rings. The molecule has 0 radical (unpaired) electrons. The molecule has 0 atom stereocenters. The molecular weight excluding hydrogens is 170 g/mol. The largest absolute Gasteiger partial charge is 0.401 e. The summed E-state index contributed by atoms with van der Waals surface area (Å²) in [7, 11) is 3.98. The number of nitrogens with zero attached hydrogens (tertiary/aromatic N) is 2. The molecule has 0 saturated carbocycles. The van der Waals surface area contributed by atoms with Crippen LogP contribution in [0.25, 0.3) is 0 Å². The molecule has 0 aromatic heterocycles. The summed E-state index contributed by atoms with van der Waals surface area (Å²) in [5.41, 5.74) is 8.37. The number of thioether (sulfide) groups is 1. The van der Waals surface area contributed by atoms with Gasteiger partial charge in [0.05, 0.1) is 5.55 Å². The summed E-state index contributed by atoms with van der Waals surface area (Å²) in [5, 5.41) is 1.92. The van der Waals surface area contributed by atoms with Crippen molar-refractivity contribution in [2.75, 3.05) is 27.2 Å². The van der Waals surface area contributed by atoms with Crippen molar-refractivity contribution >= 4 is 17.3 Å². The Labute approximate surface area is 78.7 Å². The predicted octanol–water partition coefficient (Wildman–Crippen LogP) is 1.13. The van der Waals surface area contributed by atoms with Gasteiger partial charge in [-0.25, -0.2) is 0 Å². The normalized spacial score (nSPS) is 13.2. The fourth-order valence-electron chi connectivity index (χ4n) is 0.638. The quantitative estimate of drug-likeness (QED) is 0.518. The van der Waals surface area contributed by atoms with E-state index >= 15 is 0 Å². The Kier molecular flexibility index (Phi) is 6.90. The van der Waals surface area contributed by atoms with E-state index in [-0.39, 0.29) is 0 Å². The van der Waals surface area contributed by atoms with Crippen molar-refractivity contribution in [3.63, 3.8) is 0 Å². The van der Waals surface area contributed by atoms with Gasteiger partial charge in [0.25, 0.3) is 0 Å². The van der Waals surface area contributed by atoms with Gasteiger partial charge >= 0.3 is 0 Å². The first-order valence-corrected chi connectivity index (χ1v) is 4.84. The Bertz CT molecular complexity index is 164. The molecule has 0 amide bonds. The van der Waals surface area contributed by atoms with Crippen LogP contribution in [0.1, 0.15) is 6.92 Å². The Balaban J connectivity index is 3.61. The second kappa shape index (κ2) is 7.18.